The van der Waals surface area contributed by atoms with Crippen LogP contribution in [0.2, 0.25) is 0 Å². The number of halogens is 9. The van der Waals surface area contributed by atoms with E-state index in [1.165, 1.54) is 20.9 Å². The maximum atomic E-state index is 14.0. The Morgan fingerprint density at radius 3 is 2.06 bits per heavy atom. The van der Waals surface area contributed by atoms with E-state index >= 15 is 0 Å². The zero-order valence-electron chi connectivity index (χ0n) is 17.6. The van der Waals surface area contributed by atoms with Gasteiger partial charge < -0.3 is 14.0 Å². The van der Waals surface area contributed by atoms with Gasteiger partial charge in [0, 0.05) is 24.7 Å². The fourth-order valence-electron chi connectivity index (χ4n) is 3.14. The van der Waals surface area contributed by atoms with E-state index in [9.17, 15) is 35.1 Å². The van der Waals surface area contributed by atoms with Crippen LogP contribution in [0.5, 0.6) is 11.5 Å². The fraction of sp³-hybridized carbons (Fsp3) is 0.300. The van der Waals surface area contributed by atoms with Crippen LogP contribution >= 0.6 is 12.4 Å². The predicted molar refractivity (Wildman–Crippen MR) is 105 cm³/mol. The first-order chi connectivity index (χ1) is 15.2. The molecule has 1 heterocycles. The smallest absolute Gasteiger partial charge is 0.417 e. The average Bonchev–Trinajstić information content (AvgIpc) is 3.06. The average molecular weight is 518 g/mol. The molecule has 0 aliphatic heterocycles. The normalized spacial score (nSPS) is 12.0. The number of hydrogen-bond acceptors (Lipinski definition) is 4. The quantitative estimate of drug-likeness (QED) is 0.362. The molecule has 5 nitrogen and oxygen atoms in total. The Hall–Kier alpha value is -3.09. The molecule has 0 radical (unpaired) electrons. The van der Waals surface area contributed by atoms with Gasteiger partial charge in [-0.05, 0) is 32.0 Å². The lowest BCUT2D eigenvalue weighted by atomic mass is 10.1. The molecule has 0 saturated carbocycles. The first kappa shape index (κ1) is 27.2. The molecule has 0 spiro atoms. The van der Waals surface area contributed by atoms with Crippen LogP contribution in [0, 0.1) is 17.5 Å². The standard InChI is InChI=1S/C20H15F8N3O2.ClH/c1-19(2,33-15-13(22)6-9(21)7-14(15)23)17-30-29-16(31(17)3)11-5-4-10(32-18(24)25)8-12(11)20(26,27)28;/h4-8,18H,1-3H3;1H. The van der Waals surface area contributed by atoms with Crippen molar-refractivity contribution in [2.45, 2.75) is 32.2 Å². The van der Waals surface area contributed by atoms with Crippen LogP contribution in [-0.2, 0) is 18.8 Å². The third-order valence-corrected chi connectivity index (χ3v) is 4.50. The lowest BCUT2D eigenvalue weighted by Gasteiger charge is -2.26. The molecule has 1 aromatic heterocycles. The highest BCUT2D eigenvalue weighted by atomic mass is 35.5. The van der Waals surface area contributed by atoms with E-state index in [0.717, 1.165) is 16.7 Å². The second kappa shape index (κ2) is 9.65. The molecule has 0 aliphatic carbocycles. The molecule has 186 valence electrons. The van der Waals surface area contributed by atoms with Gasteiger partial charge in [-0.1, -0.05) is 0 Å². The molecule has 0 fully saturated rings. The van der Waals surface area contributed by atoms with Gasteiger partial charge in [0.15, 0.2) is 34.6 Å². The number of ether oxygens (including phenoxy) is 2. The molecule has 3 rings (SSSR count). The van der Waals surface area contributed by atoms with Crippen LogP contribution in [0.15, 0.2) is 30.3 Å². The van der Waals surface area contributed by atoms with Crippen LogP contribution in [0.1, 0.15) is 25.2 Å². The molecule has 14 heteroatoms. The van der Waals surface area contributed by atoms with Crippen molar-refractivity contribution < 1.29 is 44.6 Å². The predicted octanol–water partition coefficient (Wildman–Crippen LogP) is 6.26. The summed E-state index contributed by atoms with van der Waals surface area (Å²) in [6.07, 6.45) is -4.96. The molecule has 0 N–H and O–H groups in total. The lowest BCUT2D eigenvalue weighted by molar-refractivity contribution is -0.137. The first-order valence-electron chi connectivity index (χ1n) is 9.10. The number of rotatable bonds is 6. The van der Waals surface area contributed by atoms with Gasteiger partial charge in [0.25, 0.3) is 0 Å². The minimum Gasteiger partial charge on any atom is -0.474 e. The van der Waals surface area contributed by atoms with Gasteiger partial charge in [-0.3, -0.25) is 0 Å². The van der Waals surface area contributed by atoms with Gasteiger partial charge in [-0.15, -0.1) is 22.6 Å². The Morgan fingerprint density at radius 2 is 1.53 bits per heavy atom. The molecule has 0 unspecified atom stereocenters. The third kappa shape index (κ3) is 5.51. The van der Waals surface area contributed by atoms with Crippen LogP contribution in [0.3, 0.4) is 0 Å². The zero-order chi connectivity index (χ0) is 24.7. The Kier molecular flexibility index (Phi) is 7.70. The molecular weight excluding hydrogens is 502 g/mol. The molecular formula is C20H16ClF8N3O2. The van der Waals surface area contributed by atoms with Crippen molar-refractivity contribution in [2.24, 2.45) is 7.05 Å². The van der Waals surface area contributed by atoms with Crippen molar-refractivity contribution in [1.29, 1.82) is 0 Å². The summed E-state index contributed by atoms with van der Waals surface area (Å²) in [6.45, 7) is -0.704. The van der Waals surface area contributed by atoms with Gasteiger partial charge in [-0.2, -0.15) is 22.0 Å². The Balaban J connectivity index is 0.00000408. The van der Waals surface area contributed by atoms with Crippen molar-refractivity contribution in [3.05, 3.63) is 59.2 Å². The number of alkyl halides is 5. The molecule has 2 aromatic carbocycles. The minimum atomic E-state index is -4.96. The maximum absolute atomic E-state index is 14.0. The van der Waals surface area contributed by atoms with E-state index in [1.54, 1.807) is 0 Å². The summed E-state index contributed by atoms with van der Waals surface area (Å²) in [7, 11) is 1.27. The van der Waals surface area contributed by atoms with Gasteiger partial charge in [0.2, 0.25) is 0 Å². The molecule has 0 aliphatic rings. The number of benzene rings is 2. The Labute approximate surface area is 193 Å². The SMILES string of the molecule is Cl.Cn1c(-c2ccc(OC(F)F)cc2C(F)(F)F)nnc1C(C)(C)Oc1c(F)cc(F)cc1F. The Morgan fingerprint density at radius 1 is 0.941 bits per heavy atom. The third-order valence-electron chi connectivity index (χ3n) is 4.50. The largest absolute Gasteiger partial charge is 0.474 e. The van der Waals surface area contributed by atoms with Gasteiger partial charge in [-0.25, -0.2) is 13.2 Å². The summed E-state index contributed by atoms with van der Waals surface area (Å²) in [5, 5.41) is 7.50. The molecule has 0 amide bonds. The van der Waals surface area contributed by atoms with Crippen molar-refractivity contribution in [3.63, 3.8) is 0 Å². The summed E-state index contributed by atoms with van der Waals surface area (Å²) < 4.78 is 117. The highest BCUT2D eigenvalue weighted by molar-refractivity contribution is 5.85. The molecule has 3 aromatic rings. The summed E-state index contributed by atoms with van der Waals surface area (Å²) in [4.78, 5) is 0. The lowest BCUT2D eigenvalue weighted by Crippen LogP contribution is -2.30. The van der Waals surface area contributed by atoms with Gasteiger partial charge in [0.1, 0.15) is 11.6 Å². The molecule has 0 saturated heterocycles. The zero-order valence-corrected chi connectivity index (χ0v) is 18.4. The molecule has 0 atom stereocenters. The van der Waals surface area contributed by atoms with E-state index in [0.29, 0.717) is 18.2 Å². The van der Waals surface area contributed by atoms with E-state index < -0.39 is 58.5 Å². The summed E-state index contributed by atoms with van der Waals surface area (Å²) in [6, 6.07) is 2.96. The van der Waals surface area contributed by atoms with Crippen molar-refractivity contribution in [2.75, 3.05) is 0 Å². The van der Waals surface area contributed by atoms with E-state index in [1.807, 2.05) is 0 Å². The van der Waals surface area contributed by atoms with Crippen molar-refractivity contribution >= 4 is 12.4 Å². The van der Waals surface area contributed by atoms with Crippen LogP contribution in [-0.4, -0.2) is 21.4 Å². The maximum Gasteiger partial charge on any atom is 0.417 e. The van der Waals surface area contributed by atoms with E-state index in [4.69, 9.17) is 4.74 Å². The first-order valence-corrected chi connectivity index (χ1v) is 9.10. The summed E-state index contributed by atoms with van der Waals surface area (Å²) >= 11 is 0. The van der Waals surface area contributed by atoms with Crippen LogP contribution in [0.4, 0.5) is 35.1 Å². The molecule has 34 heavy (non-hydrogen) atoms. The highest BCUT2D eigenvalue weighted by Gasteiger charge is 2.37. The van der Waals surface area contributed by atoms with Crippen LogP contribution < -0.4 is 9.47 Å². The fourth-order valence-corrected chi connectivity index (χ4v) is 3.14. The van der Waals surface area contributed by atoms with Gasteiger partial charge >= 0.3 is 12.8 Å². The highest BCUT2D eigenvalue weighted by Crippen LogP contribution is 2.40. The summed E-state index contributed by atoms with van der Waals surface area (Å²) in [5.74, 6) is -5.95. The topological polar surface area (TPSA) is 49.2 Å². The Bertz CT molecular complexity index is 1160. The number of aromatic nitrogens is 3. The summed E-state index contributed by atoms with van der Waals surface area (Å²) in [5.41, 5.74) is -3.48. The van der Waals surface area contributed by atoms with Crippen molar-refractivity contribution in [1.82, 2.24) is 14.8 Å². The van der Waals surface area contributed by atoms with Gasteiger partial charge in [0.05, 0.1) is 5.56 Å². The molecule has 0 bridgehead atoms. The second-order valence-corrected chi connectivity index (χ2v) is 7.30. The van der Waals surface area contributed by atoms with Crippen molar-refractivity contribution in [3.8, 4) is 22.9 Å². The van der Waals surface area contributed by atoms with Crippen LogP contribution in [0.25, 0.3) is 11.4 Å². The van der Waals surface area contributed by atoms with E-state index in [2.05, 4.69) is 14.9 Å². The monoisotopic (exact) mass is 517 g/mol. The number of nitrogens with zero attached hydrogens (tertiary/aromatic N) is 3. The second-order valence-electron chi connectivity index (χ2n) is 7.30. The minimum absolute atomic E-state index is 0. The van der Waals surface area contributed by atoms with E-state index in [-0.39, 0.29) is 24.1 Å². The number of hydrogen-bond donors (Lipinski definition) is 0.